The molecule has 0 aliphatic carbocycles. The van der Waals surface area contributed by atoms with Crippen LogP contribution in [0.15, 0.2) is 28.7 Å². The van der Waals surface area contributed by atoms with E-state index >= 15 is 0 Å². The van der Waals surface area contributed by atoms with Crippen LogP contribution in [-0.4, -0.2) is 29.9 Å². The molecule has 0 aromatic heterocycles. The lowest BCUT2D eigenvalue weighted by Gasteiger charge is -2.22. The van der Waals surface area contributed by atoms with Gasteiger partial charge in [-0.25, -0.2) is 0 Å². The molecule has 1 unspecified atom stereocenters. The number of rotatable bonds is 5. The first-order valence-corrected chi connectivity index (χ1v) is 7.20. The summed E-state index contributed by atoms with van der Waals surface area (Å²) in [5, 5.41) is 3.46. The van der Waals surface area contributed by atoms with Crippen molar-refractivity contribution in [2.24, 2.45) is 0 Å². The molecular weight excluding hydrogens is 292 g/mol. The van der Waals surface area contributed by atoms with Gasteiger partial charge in [-0.15, -0.1) is 0 Å². The van der Waals surface area contributed by atoms with E-state index in [2.05, 4.69) is 34.2 Å². The van der Waals surface area contributed by atoms with Gasteiger partial charge in [0.15, 0.2) is 0 Å². The summed E-state index contributed by atoms with van der Waals surface area (Å²) in [7, 11) is 0. The molecule has 1 heterocycles. The highest BCUT2D eigenvalue weighted by atomic mass is 79.9. The van der Waals surface area contributed by atoms with Crippen LogP contribution in [0.2, 0.25) is 0 Å². The number of nitrogens with one attached hydrogen (secondary N) is 1. The Kier molecular flexibility index (Phi) is 4.78. The minimum absolute atomic E-state index is 0.296. The molecule has 1 saturated heterocycles. The lowest BCUT2D eigenvalue weighted by atomic mass is 10.2. The van der Waals surface area contributed by atoms with E-state index in [1.807, 2.05) is 23.1 Å². The molecule has 1 atom stereocenters. The second-order valence-electron chi connectivity index (χ2n) is 4.82. The van der Waals surface area contributed by atoms with Crippen LogP contribution in [0.3, 0.4) is 0 Å². The number of hydrogen-bond donors (Lipinski definition) is 1. The van der Waals surface area contributed by atoms with E-state index in [1.165, 1.54) is 5.56 Å². The van der Waals surface area contributed by atoms with Gasteiger partial charge in [0, 0.05) is 36.6 Å². The smallest absolute Gasteiger partial charge is 0.222 e. The Labute approximate surface area is 117 Å². The minimum Gasteiger partial charge on any atom is -0.341 e. The van der Waals surface area contributed by atoms with Crippen molar-refractivity contribution in [1.82, 2.24) is 10.2 Å². The Morgan fingerprint density at radius 2 is 2.22 bits per heavy atom. The van der Waals surface area contributed by atoms with Gasteiger partial charge < -0.3 is 10.2 Å². The SMILES string of the molecule is CC(CN1CCCC1=O)NCc1ccccc1Br. The standard InChI is InChI=1S/C14H19BrN2O/c1-11(10-17-8-4-7-14(17)18)16-9-12-5-2-3-6-13(12)15/h2-3,5-6,11,16H,4,7-10H2,1H3. The van der Waals surface area contributed by atoms with Crippen molar-refractivity contribution < 1.29 is 4.79 Å². The molecule has 2 rings (SSSR count). The van der Waals surface area contributed by atoms with Crippen molar-refractivity contribution in [2.45, 2.75) is 32.4 Å². The Bertz CT molecular complexity index is 422. The number of likely N-dealkylation sites (tertiary alicyclic amines) is 1. The lowest BCUT2D eigenvalue weighted by Crippen LogP contribution is -2.39. The third kappa shape index (κ3) is 3.56. The van der Waals surface area contributed by atoms with Crippen LogP contribution in [-0.2, 0) is 11.3 Å². The highest BCUT2D eigenvalue weighted by molar-refractivity contribution is 9.10. The zero-order valence-electron chi connectivity index (χ0n) is 10.7. The van der Waals surface area contributed by atoms with Crippen LogP contribution in [0.1, 0.15) is 25.3 Å². The lowest BCUT2D eigenvalue weighted by molar-refractivity contribution is -0.127. The van der Waals surface area contributed by atoms with Gasteiger partial charge in [0.2, 0.25) is 5.91 Å². The zero-order valence-corrected chi connectivity index (χ0v) is 12.2. The fraction of sp³-hybridized carbons (Fsp3) is 0.500. The summed E-state index contributed by atoms with van der Waals surface area (Å²) in [5.74, 6) is 0.296. The molecule has 3 nitrogen and oxygen atoms in total. The van der Waals surface area contributed by atoms with Crippen LogP contribution >= 0.6 is 15.9 Å². The van der Waals surface area contributed by atoms with Crippen LogP contribution < -0.4 is 5.32 Å². The van der Waals surface area contributed by atoms with E-state index in [0.717, 1.165) is 36.9 Å². The maximum absolute atomic E-state index is 11.5. The van der Waals surface area contributed by atoms with Gasteiger partial charge in [0.1, 0.15) is 0 Å². The first kappa shape index (κ1) is 13.6. The van der Waals surface area contributed by atoms with Crippen LogP contribution in [0.5, 0.6) is 0 Å². The zero-order chi connectivity index (χ0) is 13.0. The monoisotopic (exact) mass is 310 g/mol. The molecule has 0 saturated carbocycles. The van der Waals surface area contributed by atoms with E-state index in [1.54, 1.807) is 0 Å². The van der Waals surface area contributed by atoms with E-state index < -0.39 is 0 Å². The van der Waals surface area contributed by atoms with Gasteiger partial charge in [-0.05, 0) is 25.0 Å². The summed E-state index contributed by atoms with van der Waals surface area (Å²) in [4.78, 5) is 13.5. The van der Waals surface area contributed by atoms with Gasteiger partial charge in [-0.3, -0.25) is 4.79 Å². The number of nitrogens with zero attached hydrogens (tertiary/aromatic N) is 1. The largest absolute Gasteiger partial charge is 0.341 e. The van der Waals surface area contributed by atoms with Crippen LogP contribution in [0.25, 0.3) is 0 Å². The first-order chi connectivity index (χ1) is 8.66. The Balaban J connectivity index is 1.80. The third-order valence-electron chi connectivity index (χ3n) is 3.26. The highest BCUT2D eigenvalue weighted by Crippen LogP contribution is 2.16. The number of hydrogen-bond acceptors (Lipinski definition) is 2. The topological polar surface area (TPSA) is 32.3 Å². The van der Waals surface area contributed by atoms with Crippen molar-refractivity contribution >= 4 is 21.8 Å². The molecule has 4 heteroatoms. The molecule has 18 heavy (non-hydrogen) atoms. The number of carbonyl (C=O) groups is 1. The normalized spacial score (nSPS) is 17.2. The van der Waals surface area contributed by atoms with Gasteiger partial charge in [-0.2, -0.15) is 0 Å². The van der Waals surface area contributed by atoms with Gasteiger partial charge in [0.25, 0.3) is 0 Å². The summed E-state index contributed by atoms with van der Waals surface area (Å²) in [6.45, 7) is 4.68. The van der Waals surface area contributed by atoms with E-state index in [-0.39, 0.29) is 0 Å². The predicted octanol–water partition coefficient (Wildman–Crippen LogP) is 2.55. The molecule has 0 radical (unpaired) electrons. The molecule has 0 bridgehead atoms. The van der Waals surface area contributed by atoms with Crippen molar-refractivity contribution in [3.05, 3.63) is 34.3 Å². The molecule has 1 aliphatic rings. The second kappa shape index (κ2) is 6.34. The molecule has 98 valence electrons. The minimum atomic E-state index is 0.296. The number of halogens is 1. The Hall–Kier alpha value is -0.870. The predicted molar refractivity (Wildman–Crippen MR) is 76.3 cm³/mol. The Morgan fingerprint density at radius 1 is 1.44 bits per heavy atom. The molecule has 0 spiro atoms. The van der Waals surface area contributed by atoms with Crippen molar-refractivity contribution in [3.63, 3.8) is 0 Å². The van der Waals surface area contributed by atoms with Crippen LogP contribution in [0, 0.1) is 0 Å². The number of amides is 1. The average molecular weight is 311 g/mol. The second-order valence-corrected chi connectivity index (χ2v) is 5.67. The molecule has 1 aromatic rings. The number of carbonyl (C=O) groups excluding carboxylic acids is 1. The molecule has 1 N–H and O–H groups in total. The van der Waals surface area contributed by atoms with Crippen molar-refractivity contribution in [3.8, 4) is 0 Å². The van der Waals surface area contributed by atoms with Crippen molar-refractivity contribution in [2.75, 3.05) is 13.1 Å². The fourth-order valence-corrected chi connectivity index (χ4v) is 2.64. The summed E-state index contributed by atoms with van der Waals surface area (Å²) in [6.07, 6.45) is 1.73. The Morgan fingerprint density at radius 3 is 2.89 bits per heavy atom. The average Bonchev–Trinajstić information content (AvgIpc) is 2.74. The van der Waals surface area contributed by atoms with E-state index in [0.29, 0.717) is 11.9 Å². The first-order valence-electron chi connectivity index (χ1n) is 6.41. The van der Waals surface area contributed by atoms with Gasteiger partial charge in [-0.1, -0.05) is 34.1 Å². The summed E-state index contributed by atoms with van der Waals surface area (Å²) in [5.41, 5.74) is 1.25. The van der Waals surface area contributed by atoms with Gasteiger partial charge in [0.05, 0.1) is 0 Å². The molecular formula is C14H19BrN2O. The molecule has 1 aliphatic heterocycles. The third-order valence-corrected chi connectivity index (χ3v) is 4.04. The van der Waals surface area contributed by atoms with E-state index in [4.69, 9.17) is 0 Å². The summed E-state index contributed by atoms with van der Waals surface area (Å²) >= 11 is 3.54. The molecule has 1 amide bonds. The number of benzene rings is 1. The van der Waals surface area contributed by atoms with E-state index in [9.17, 15) is 4.79 Å². The molecule has 1 aromatic carbocycles. The maximum atomic E-state index is 11.5. The summed E-state index contributed by atoms with van der Waals surface area (Å²) in [6, 6.07) is 8.52. The highest BCUT2D eigenvalue weighted by Gasteiger charge is 2.21. The van der Waals surface area contributed by atoms with Crippen LogP contribution in [0.4, 0.5) is 0 Å². The maximum Gasteiger partial charge on any atom is 0.222 e. The van der Waals surface area contributed by atoms with Gasteiger partial charge >= 0.3 is 0 Å². The van der Waals surface area contributed by atoms with Crippen molar-refractivity contribution in [1.29, 1.82) is 0 Å². The molecule has 1 fully saturated rings. The fourth-order valence-electron chi connectivity index (χ4n) is 2.22. The quantitative estimate of drug-likeness (QED) is 0.906. The summed E-state index contributed by atoms with van der Waals surface area (Å²) < 4.78 is 1.13.